The summed E-state index contributed by atoms with van der Waals surface area (Å²) in [4.78, 5) is 0. The van der Waals surface area contributed by atoms with Gasteiger partial charge in [-0.1, -0.05) is 180 Å². The first kappa shape index (κ1) is 30.7. The second-order valence-electron chi connectivity index (χ2n) is 10.5. The van der Waals surface area contributed by atoms with Crippen molar-refractivity contribution in [2.45, 2.75) is 181 Å². The Morgan fingerprint density at radius 3 is 0.871 bits per heavy atom. The van der Waals surface area contributed by atoms with Crippen molar-refractivity contribution < 1.29 is 0 Å². The molecule has 0 heteroatoms. The minimum absolute atomic E-state index is 0.713. The molecule has 1 unspecified atom stereocenters. The van der Waals surface area contributed by atoms with E-state index in [2.05, 4.69) is 26.5 Å². The SMILES string of the molecule is C=CC(C)CCCCCCCCCCCCCCCCCCCCCCCCCCC. The fraction of sp³-hybridized carbons (Fsp3) is 0.935. The van der Waals surface area contributed by atoms with E-state index in [1.165, 1.54) is 167 Å². The fourth-order valence-electron chi connectivity index (χ4n) is 4.72. The molecular formula is C31H62. The predicted molar refractivity (Wildman–Crippen MR) is 145 cm³/mol. The first-order valence-corrected chi connectivity index (χ1v) is 14.9. The number of unbranched alkanes of at least 4 members (excludes halogenated alkanes) is 24. The van der Waals surface area contributed by atoms with Crippen molar-refractivity contribution in [3.63, 3.8) is 0 Å². The molecule has 0 saturated carbocycles. The van der Waals surface area contributed by atoms with E-state index in [1.807, 2.05) is 0 Å². The van der Waals surface area contributed by atoms with Crippen LogP contribution < -0.4 is 0 Å². The zero-order valence-electron chi connectivity index (χ0n) is 22.2. The van der Waals surface area contributed by atoms with E-state index in [-0.39, 0.29) is 0 Å². The Kier molecular flexibility index (Phi) is 27.5. The monoisotopic (exact) mass is 434 g/mol. The number of allylic oxidation sites excluding steroid dienone is 1. The molecule has 0 nitrogen and oxygen atoms in total. The molecule has 0 rings (SSSR count). The molecule has 31 heavy (non-hydrogen) atoms. The average Bonchev–Trinajstić information content (AvgIpc) is 2.78. The molecule has 1 atom stereocenters. The van der Waals surface area contributed by atoms with Gasteiger partial charge in [-0.15, -0.1) is 6.58 Å². The number of hydrogen-bond donors (Lipinski definition) is 0. The van der Waals surface area contributed by atoms with Crippen LogP contribution in [-0.4, -0.2) is 0 Å². The lowest BCUT2D eigenvalue weighted by molar-refractivity contribution is 0.511. The molecule has 0 heterocycles. The van der Waals surface area contributed by atoms with Crippen LogP contribution in [0.4, 0.5) is 0 Å². The van der Waals surface area contributed by atoms with Crippen LogP contribution in [0.25, 0.3) is 0 Å². The predicted octanol–water partition coefficient (Wildman–Crippen LogP) is 12.0. The molecule has 0 aromatic carbocycles. The standard InChI is InChI=1S/C31H62/c1-4-6-7-8-9-10-11-12-13-14-15-16-17-18-19-20-21-22-23-24-25-26-27-28-29-30-31(3)5-2/h5,31H,2,4,6-30H2,1,3H3. The summed E-state index contributed by atoms with van der Waals surface area (Å²) in [5, 5.41) is 0. The van der Waals surface area contributed by atoms with Crippen molar-refractivity contribution in [3.8, 4) is 0 Å². The van der Waals surface area contributed by atoms with Gasteiger partial charge in [0.05, 0.1) is 0 Å². The Hall–Kier alpha value is -0.260. The van der Waals surface area contributed by atoms with Crippen molar-refractivity contribution in [2.24, 2.45) is 5.92 Å². The maximum atomic E-state index is 3.87. The van der Waals surface area contributed by atoms with Gasteiger partial charge in [-0.2, -0.15) is 0 Å². The lowest BCUT2D eigenvalue weighted by atomic mass is 10.0. The highest BCUT2D eigenvalue weighted by Crippen LogP contribution is 2.16. The summed E-state index contributed by atoms with van der Waals surface area (Å²) in [6.07, 6.45) is 40.2. The Morgan fingerprint density at radius 1 is 0.419 bits per heavy atom. The van der Waals surface area contributed by atoms with Gasteiger partial charge >= 0.3 is 0 Å². The molecule has 0 aromatic rings. The zero-order valence-corrected chi connectivity index (χ0v) is 22.2. The molecule has 0 bridgehead atoms. The minimum Gasteiger partial charge on any atom is -0.103 e. The Morgan fingerprint density at radius 2 is 0.645 bits per heavy atom. The van der Waals surface area contributed by atoms with E-state index >= 15 is 0 Å². The van der Waals surface area contributed by atoms with Crippen molar-refractivity contribution >= 4 is 0 Å². The largest absolute Gasteiger partial charge is 0.103 e. The van der Waals surface area contributed by atoms with Crippen molar-refractivity contribution in [3.05, 3.63) is 12.7 Å². The summed E-state index contributed by atoms with van der Waals surface area (Å²) in [6.45, 7) is 8.46. The molecule has 0 aliphatic rings. The number of hydrogen-bond acceptors (Lipinski definition) is 0. The molecule has 0 saturated heterocycles. The van der Waals surface area contributed by atoms with Crippen LogP contribution in [-0.2, 0) is 0 Å². The van der Waals surface area contributed by atoms with Crippen LogP contribution in [0.5, 0.6) is 0 Å². The quantitative estimate of drug-likeness (QED) is 0.0890. The van der Waals surface area contributed by atoms with Crippen LogP contribution >= 0.6 is 0 Å². The lowest BCUT2D eigenvalue weighted by Crippen LogP contribution is -1.89. The molecule has 0 amide bonds. The smallest absolute Gasteiger partial charge is 0.0265 e. The normalized spacial score (nSPS) is 12.3. The lowest BCUT2D eigenvalue weighted by Gasteiger charge is -2.05. The fourth-order valence-corrected chi connectivity index (χ4v) is 4.72. The van der Waals surface area contributed by atoms with Crippen LogP contribution in [0.1, 0.15) is 181 Å². The van der Waals surface area contributed by atoms with E-state index in [1.54, 1.807) is 0 Å². The molecule has 0 radical (unpaired) electrons. The Bertz CT molecular complexity index is 318. The highest BCUT2D eigenvalue weighted by Gasteiger charge is 1.97. The van der Waals surface area contributed by atoms with Crippen LogP contribution in [0.15, 0.2) is 12.7 Å². The van der Waals surface area contributed by atoms with E-state index in [4.69, 9.17) is 0 Å². The van der Waals surface area contributed by atoms with Gasteiger partial charge in [0.2, 0.25) is 0 Å². The molecule has 0 aliphatic carbocycles. The molecule has 0 N–H and O–H groups in total. The van der Waals surface area contributed by atoms with Gasteiger partial charge < -0.3 is 0 Å². The van der Waals surface area contributed by atoms with Crippen LogP contribution in [0, 0.1) is 5.92 Å². The molecule has 0 fully saturated rings. The summed E-state index contributed by atoms with van der Waals surface area (Å²) < 4.78 is 0. The summed E-state index contributed by atoms with van der Waals surface area (Å²) in [5.41, 5.74) is 0. The van der Waals surface area contributed by atoms with Gasteiger partial charge in [0.15, 0.2) is 0 Å². The van der Waals surface area contributed by atoms with E-state index in [0.29, 0.717) is 5.92 Å². The third kappa shape index (κ3) is 27.7. The first-order valence-electron chi connectivity index (χ1n) is 14.9. The van der Waals surface area contributed by atoms with Gasteiger partial charge in [-0.25, -0.2) is 0 Å². The van der Waals surface area contributed by atoms with Crippen molar-refractivity contribution in [1.29, 1.82) is 0 Å². The third-order valence-corrected chi connectivity index (χ3v) is 7.17. The Labute approximate surface area is 199 Å². The molecule has 0 aromatic heterocycles. The second kappa shape index (κ2) is 27.8. The third-order valence-electron chi connectivity index (χ3n) is 7.17. The van der Waals surface area contributed by atoms with Crippen LogP contribution in [0.3, 0.4) is 0 Å². The summed E-state index contributed by atoms with van der Waals surface area (Å²) in [6, 6.07) is 0. The zero-order chi connectivity index (χ0) is 22.7. The van der Waals surface area contributed by atoms with E-state index in [9.17, 15) is 0 Å². The van der Waals surface area contributed by atoms with Crippen molar-refractivity contribution in [1.82, 2.24) is 0 Å². The van der Waals surface area contributed by atoms with Gasteiger partial charge in [0, 0.05) is 0 Å². The first-order chi connectivity index (χ1) is 15.3. The van der Waals surface area contributed by atoms with Gasteiger partial charge in [0.25, 0.3) is 0 Å². The average molecular weight is 435 g/mol. The highest BCUT2D eigenvalue weighted by molar-refractivity contribution is 4.74. The summed E-state index contributed by atoms with van der Waals surface area (Å²) >= 11 is 0. The van der Waals surface area contributed by atoms with Crippen LogP contribution in [0.2, 0.25) is 0 Å². The highest BCUT2D eigenvalue weighted by atomic mass is 14.0. The molecular weight excluding hydrogens is 372 g/mol. The second-order valence-corrected chi connectivity index (χ2v) is 10.5. The maximum Gasteiger partial charge on any atom is -0.0265 e. The molecule has 186 valence electrons. The molecule has 0 spiro atoms. The van der Waals surface area contributed by atoms with E-state index < -0.39 is 0 Å². The van der Waals surface area contributed by atoms with Crippen molar-refractivity contribution in [2.75, 3.05) is 0 Å². The topological polar surface area (TPSA) is 0 Å². The van der Waals surface area contributed by atoms with Gasteiger partial charge in [-0.3, -0.25) is 0 Å². The maximum absolute atomic E-state index is 3.87. The molecule has 0 aliphatic heterocycles. The summed E-state index contributed by atoms with van der Waals surface area (Å²) in [7, 11) is 0. The number of rotatable bonds is 27. The van der Waals surface area contributed by atoms with Gasteiger partial charge in [0.1, 0.15) is 0 Å². The van der Waals surface area contributed by atoms with Gasteiger partial charge in [-0.05, 0) is 12.3 Å². The van der Waals surface area contributed by atoms with E-state index in [0.717, 1.165) is 0 Å². The summed E-state index contributed by atoms with van der Waals surface area (Å²) in [5.74, 6) is 0.713. The minimum atomic E-state index is 0.713. The Balaban J connectivity index is 3.01.